The van der Waals surface area contributed by atoms with Crippen LogP contribution in [0.15, 0.2) is 12.1 Å². The van der Waals surface area contributed by atoms with Gasteiger partial charge in [0, 0.05) is 0 Å². The zero-order valence-electron chi connectivity index (χ0n) is 12.2. The lowest BCUT2D eigenvalue weighted by Crippen LogP contribution is -2.31. The van der Waals surface area contributed by atoms with Crippen LogP contribution in [0.25, 0.3) is 10.2 Å². The molecule has 0 saturated carbocycles. The Morgan fingerprint density at radius 1 is 1.41 bits per heavy atom. The van der Waals surface area contributed by atoms with E-state index < -0.39 is 24.8 Å². The molecule has 1 atom stereocenters. The molecule has 2 rings (SSSR count). The van der Waals surface area contributed by atoms with Gasteiger partial charge in [-0.2, -0.15) is 13.2 Å². The Hall–Kier alpha value is -1.67. The van der Waals surface area contributed by atoms with Gasteiger partial charge in [-0.1, -0.05) is 17.4 Å². The molecule has 1 heterocycles. The number of benzene rings is 1. The first-order valence-electron chi connectivity index (χ1n) is 6.53. The summed E-state index contributed by atoms with van der Waals surface area (Å²) in [7, 11) is 0. The molecule has 4 nitrogen and oxygen atoms in total. The lowest BCUT2D eigenvalue weighted by molar-refractivity contribution is -0.184. The number of anilines is 1. The number of fused-ring (bicyclic) bond motifs is 1. The van der Waals surface area contributed by atoms with Crippen molar-refractivity contribution in [1.82, 2.24) is 4.98 Å². The van der Waals surface area contributed by atoms with Gasteiger partial charge in [0.1, 0.15) is 12.7 Å². The number of hydrogen-bond donors (Lipinski definition) is 1. The molecule has 8 heteroatoms. The smallest absolute Gasteiger partial charge is 0.359 e. The molecule has 1 unspecified atom stereocenters. The number of carbonyl (C=O) groups excluding carboxylic acids is 1. The maximum absolute atomic E-state index is 12.1. The summed E-state index contributed by atoms with van der Waals surface area (Å²) in [6, 6.07) is 3.92. The number of hydrogen-bond acceptors (Lipinski definition) is 4. The van der Waals surface area contributed by atoms with Crippen molar-refractivity contribution in [2.45, 2.75) is 33.1 Å². The van der Waals surface area contributed by atoms with Crippen molar-refractivity contribution in [3.8, 4) is 0 Å². The summed E-state index contributed by atoms with van der Waals surface area (Å²) in [5.41, 5.74) is 2.83. The standard InChI is InChI=1S/C14H15F3N2O2S/c1-7-4-8(2)11-10(5-7)22-13(18-11)19-12(20)9(3)21-6-14(15,16)17/h4-5,9H,6H2,1-3H3,(H,18,19,20). The first-order valence-corrected chi connectivity index (χ1v) is 7.34. The topological polar surface area (TPSA) is 51.2 Å². The second-order valence-electron chi connectivity index (χ2n) is 5.01. The van der Waals surface area contributed by atoms with Crippen molar-refractivity contribution in [1.29, 1.82) is 0 Å². The number of alkyl halides is 3. The molecular formula is C14H15F3N2O2S. The molecular weight excluding hydrogens is 317 g/mol. The average Bonchev–Trinajstić information content (AvgIpc) is 2.77. The number of thiazole rings is 1. The van der Waals surface area contributed by atoms with Gasteiger partial charge in [-0.3, -0.25) is 10.1 Å². The predicted molar refractivity (Wildman–Crippen MR) is 79.2 cm³/mol. The molecule has 1 aromatic heterocycles. The number of nitrogens with zero attached hydrogens (tertiary/aromatic N) is 1. The van der Waals surface area contributed by atoms with E-state index in [1.165, 1.54) is 18.3 Å². The van der Waals surface area contributed by atoms with Crippen LogP contribution in [-0.4, -0.2) is 29.8 Å². The summed E-state index contributed by atoms with van der Waals surface area (Å²) in [5, 5.41) is 2.83. The molecule has 1 N–H and O–H groups in total. The van der Waals surface area contributed by atoms with Crippen LogP contribution in [0.3, 0.4) is 0 Å². The third-order valence-electron chi connectivity index (χ3n) is 2.93. The summed E-state index contributed by atoms with van der Waals surface area (Å²) in [4.78, 5) is 16.1. The molecule has 1 amide bonds. The Labute approximate surface area is 129 Å². The summed E-state index contributed by atoms with van der Waals surface area (Å²) in [6.45, 7) is 3.68. The van der Waals surface area contributed by atoms with Crippen LogP contribution in [-0.2, 0) is 9.53 Å². The molecule has 0 saturated heterocycles. The minimum Gasteiger partial charge on any atom is -0.359 e. The van der Waals surface area contributed by atoms with Crippen LogP contribution in [0.4, 0.5) is 18.3 Å². The van der Waals surface area contributed by atoms with Gasteiger partial charge < -0.3 is 4.74 Å². The van der Waals surface area contributed by atoms with Crippen molar-refractivity contribution < 1.29 is 22.7 Å². The summed E-state index contributed by atoms with van der Waals surface area (Å²) in [6.07, 6.45) is -5.67. The van der Waals surface area contributed by atoms with E-state index in [0.29, 0.717) is 5.13 Å². The number of halogens is 3. The number of rotatable bonds is 4. The van der Waals surface area contributed by atoms with Crippen LogP contribution >= 0.6 is 11.3 Å². The van der Waals surface area contributed by atoms with Crippen molar-refractivity contribution in [2.24, 2.45) is 0 Å². The van der Waals surface area contributed by atoms with E-state index in [4.69, 9.17) is 0 Å². The molecule has 0 spiro atoms. The minimum atomic E-state index is -4.46. The first kappa shape index (κ1) is 16.7. The number of aromatic nitrogens is 1. The molecule has 0 bridgehead atoms. The number of aryl methyl sites for hydroxylation is 2. The number of amides is 1. The molecule has 0 aliphatic carbocycles. The van der Waals surface area contributed by atoms with Gasteiger partial charge in [0.25, 0.3) is 5.91 Å². The van der Waals surface area contributed by atoms with Crippen LogP contribution in [0.5, 0.6) is 0 Å². The number of ether oxygens (including phenoxy) is 1. The van der Waals surface area contributed by atoms with Gasteiger partial charge in [-0.05, 0) is 38.0 Å². The maximum Gasteiger partial charge on any atom is 0.411 e. The number of carbonyl (C=O) groups is 1. The Bertz CT molecular complexity index is 697. The summed E-state index contributed by atoms with van der Waals surface area (Å²) >= 11 is 1.27. The Morgan fingerprint density at radius 3 is 2.73 bits per heavy atom. The Morgan fingerprint density at radius 2 is 2.09 bits per heavy atom. The molecule has 22 heavy (non-hydrogen) atoms. The van der Waals surface area contributed by atoms with E-state index in [0.717, 1.165) is 21.3 Å². The Balaban J connectivity index is 2.07. The fraction of sp³-hybridized carbons (Fsp3) is 0.429. The third-order valence-corrected chi connectivity index (χ3v) is 3.84. The van der Waals surface area contributed by atoms with E-state index in [-0.39, 0.29) is 0 Å². The van der Waals surface area contributed by atoms with Gasteiger partial charge in [0.15, 0.2) is 5.13 Å². The van der Waals surface area contributed by atoms with Gasteiger partial charge in [-0.25, -0.2) is 4.98 Å². The first-order chi connectivity index (χ1) is 10.2. The molecule has 0 fully saturated rings. The third kappa shape index (κ3) is 4.17. The molecule has 0 radical (unpaired) electrons. The van der Waals surface area contributed by atoms with Crippen molar-refractivity contribution >= 4 is 32.6 Å². The van der Waals surface area contributed by atoms with E-state index in [9.17, 15) is 18.0 Å². The number of nitrogens with one attached hydrogen (secondary N) is 1. The highest BCUT2D eigenvalue weighted by Gasteiger charge is 2.30. The fourth-order valence-electron chi connectivity index (χ4n) is 1.93. The van der Waals surface area contributed by atoms with Crippen molar-refractivity contribution in [3.05, 3.63) is 23.3 Å². The van der Waals surface area contributed by atoms with Gasteiger partial charge in [-0.15, -0.1) is 0 Å². The lowest BCUT2D eigenvalue weighted by Gasteiger charge is -2.13. The van der Waals surface area contributed by atoms with E-state index in [2.05, 4.69) is 15.0 Å². The van der Waals surface area contributed by atoms with Crippen LogP contribution in [0, 0.1) is 13.8 Å². The Kier molecular flexibility index (Phi) is 4.72. The SMILES string of the molecule is Cc1cc(C)c2nc(NC(=O)C(C)OCC(F)(F)F)sc2c1. The second-order valence-corrected chi connectivity index (χ2v) is 6.04. The predicted octanol–water partition coefficient (Wildman–Crippen LogP) is 3.82. The molecule has 1 aromatic carbocycles. The quantitative estimate of drug-likeness (QED) is 0.926. The zero-order valence-corrected chi connectivity index (χ0v) is 13.1. The summed E-state index contributed by atoms with van der Waals surface area (Å²) < 4.78 is 41.6. The normalized spacial score (nSPS) is 13.4. The van der Waals surface area contributed by atoms with Crippen LogP contribution < -0.4 is 5.32 Å². The van der Waals surface area contributed by atoms with Gasteiger partial charge in [0.05, 0.1) is 10.2 Å². The van der Waals surface area contributed by atoms with E-state index >= 15 is 0 Å². The van der Waals surface area contributed by atoms with Crippen molar-refractivity contribution in [3.63, 3.8) is 0 Å². The zero-order chi connectivity index (χ0) is 16.5. The van der Waals surface area contributed by atoms with Gasteiger partial charge >= 0.3 is 6.18 Å². The largest absolute Gasteiger partial charge is 0.411 e. The molecule has 0 aliphatic heterocycles. The van der Waals surface area contributed by atoms with Crippen molar-refractivity contribution in [2.75, 3.05) is 11.9 Å². The monoisotopic (exact) mass is 332 g/mol. The van der Waals surface area contributed by atoms with Crippen LogP contribution in [0.1, 0.15) is 18.1 Å². The summed E-state index contributed by atoms with van der Waals surface area (Å²) in [5.74, 6) is -0.655. The maximum atomic E-state index is 12.1. The van der Waals surface area contributed by atoms with Crippen LogP contribution in [0.2, 0.25) is 0 Å². The van der Waals surface area contributed by atoms with Gasteiger partial charge in [0.2, 0.25) is 0 Å². The lowest BCUT2D eigenvalue weighted by atomic mass is 10.1. The highest BCUT2D eigenvalue weighted by Crippen LogP contribution is 2.29. The average molecular weight is 332 g/mol. The van der Waals surface area contributed by atoms with E-state index in [1.54, 1.807) is 0 Å². The minimum absolute atomic E-state index is 0.344. The highest BCUT2D eigenvalue weighted by molar-refractivity contribution is 7.22. The molecule has 0 aliphatic rings. The fourth-order valence-corrected chi connectivity index (χ4v) is 2.97. The molecule has 120 valence electrons. The highest BCUT2D eigenvalue weighted by atomic mass is 32.1. The molecule has 2 aromatic rings. The van der Waals surface area contributed by atoms with E-state index in [1.807, 2.05) is 26.0 Å². The second kappa shape index (κ2) is 6.21.